The first kappa shape index (κ1) is 27.1. The maximum atomic E-state index is 13.3. The molecule has 38 heavy (non-hydrogen) atoms. The highest BCUT2D eigenvalue weighted by molar-refractivity contribution is 5.36. The van der Waals surface area contributed by atoms with E-state index in [-0.39, 0.29) is 5.82 Å². The minimum Gasteiger partial charge on any atom is -0.385 e. The number of hydrogen-bond donors (Lipinski definition) is 1. The largest absolute Gasteiger partial charge is 0.385 e. The molecule has 0 aromatic heterocycles. The fourth-order valence-electron chi connectivity index (χ4n) is 6.24. The van der Waals surface area contributed by atoms with Gasteiger partial charge in [-0.2, -0.15) is 0 Å². The fraction of sp³-hybridized carbons (Fsp3) is 0.471. The Morgan fingerprint density at radius 2 is 1.66 bits per heavy atom. The van der Waals surface area contributed by atoms with E-state index < -0.39 is 5.60 Å². The van der Waals surface area contributed by atoms with Gasteiger partial charge in [0.2, 0.25) is 0 Å². The molecule has 4 heteroatoms. The Hall–Kier alpha value is -2.53. The highest BCUT2D eigenvalue weighted by Gasteiger charge is 2.28. The molecule has 0 spiro atoms. The van der Waals surface area contributed by atoms with Gasteiger partial charge in [-0.3, -0.25) is 9.80 Å². The second-order valence-corrected chi connectivity index (χ2v) is 11.9. The lowest BCUT2D eigenvalue weighted by atomic mass is 9.83. The Labute approximate surface area is 228 Å². The van der Waals surface area contributed by atoms with Crippen molar-refractivity contribution in [1.29, 1.82) is 0 Å². The molecule has 2 heterocycles. The molecule has 1 fully saturated rings. The van der Waals surface area contributed by atoms with Crippen molar-refractivity contribution in [3.8, 4) is 0 Å². The Morgan fingerprint density at radius 3 is 2.42 bits per heavy atom. The number of piperidine rings is 1. The van der Waals surface area contributed by atoms with Crippen molar-refractivity contribution >= 4 is 0 Å². The van der Waals surface area contributed by atoms with Crippen LogP contribution < -0.4 is 0 Å². The predicted molar refractivity (Wildman–Crippen MR) is 153 cm³/mol. The van der Waals surface area contributed by atoms with Gasteiger partial charge >= 0.3 is 0 Å². The van der Waals surface area contributed by atoms with E-state index in [0.717, 1.165) is 76.1 Å². The number of hydrogen-bond acceptors (Lipinski definition) is 3. The fourth-order valence-corrected chi connectivity index (χ4v) is 6.24. The van der Waals surface area contributed by atoms with Gasteiger partial charge in [0.15, 0.2) is 0 Å². The van der Waals surface area contributed by atoms with Crippen molar-refractivity contribution in [2.24, 2.45) is 5.92 Å². The summed E-state index contributed by atoms with van der Waals surface area (Å²) >= 11 is 0. The van der Waals surface area contributed by atoms with E-state index in [9.17, 15) is 9.50 Å². The number of halogens is 1. The molecule has 202 valence electrons. The molecule has 2 aliphatic rings. The first-order valence-corrected chi connectivity index (χ1v) is 14.4. The molecule has 1 N–H and O–H groups in total. The van der Waals surface area contributed by atoms with Crippen molar-refractivity contribution < 1.29 is 9.50 Å². The summed E-state index contributed by atoms with van der Waals surface area (Å²) < 4.78 is 13.3. The first-order chi connectivity index (χ1) is 18.4. The van der Waals surface area contributed by atoms with E-state index in [2.05, 4.69) is 59.2 Å². The highest BCUT2D eigenvalue weighted by Crippen LogP contribution is 2.33. The second-order valence-electron chi connectivity index (χ2n) is 11.9. The van der Waals surface area contributed by atoms with E-state index in [1.54, 1.807) is 12.1 Å². The van der Waals surface area contributed by atoms with Gasteiger partial charge in [0, 0.05) is 19.6 Å². The van der Waals surface area contributed by atoms with Crippen LogP contribution in [0.4, 0.5) is 4.39 Å². The van der Waals surface area contributed by atoms with Crippen molar-refractivity contribution in [3.63, 3.8) is 0 Å². The summed E-state index contributed by atoms with van der Waals surface area (Å²) in [6.07, 6.45) is 6.48. The molecule has 3 aromatic rings. The summed E-state index contributed by atoms with van der Waals surface area (Å²) in [7, 11) is 0. The Bertz CT molecular complexity index is 1200. The van der Waals surface area contributed by atoms with Crippen molar-refractivity contribution in [3.05, 3.63) is 106 Å². The van der Waals surface area contributed by atoms with E-state index in [1.165, 1.54) is 35.1 Å². The topological polar surface area (TPSA) is 26.7 Å². The molecule has 3 aromatic carbocycles. The lowest BCUT2D eigenvalue weighted by Crippen LogP contribution is -2.34. The monoisotopic (exact) mass is 514 g/mol. The van der Waals surface area contributed by atoms with E-state index in [4.69, 9.17) is 0 Å². The summed E-state index contributed by atoms with van der Waals surface area (Å²) in [5.74, 6) is 0.497. The molecule has 0 saturated carbocycles. The molecular formula is C34H43FN2O. The maximum absolute atomic E-state index is 13.3. The van der Waals surface area contributed by atoms with Gasteiger partial charge in [-0.05, 0) is 123 Å². The number of fused-ring (bicyclic) bond motifs is 1. The van der Waals surface area contributed by atoms with Crippen molar-refractivity contribution in [2.45, 2.75) is 77.6 Å². The van der Waals surface area contributed by atoms with E-state index in [0.29, 0.717) is 5.92 Å². The zero-order valence-electron chi connectivity index (χ0n) is 23.1. The summed E-state index contributed by atoms with van der Waals surface area (Å²) in [6, 6.07) is 22.2. The number of aryl methyl sites for hydroxylation is 2. The minimum atomic E-state index is -0.818. The molecule has 5 rings (SSSR count). The van der Waals surface area contributed by atoms with Gasteiger partial charge in [-0.25, -0.2) is 4.39 Å². The number of likely N-dealkylation sites (tertiary alicyclic amines) is 1. The predicted octanol–water partition coefficient (Wildman–Crippen LogP) is 6.98. The molecule has 0 amide bonds. The van der Waals surface area contributed by atoms with Crippen molar-refractivity contribution in [2.75, 3.05) is 19.6 Å². The zero-order chi connectivity index (χ0) is 26.5. The van der Waals surface area contributed by atoms with Crippen LogP contribution >= 0.6 is 0 Å². The third kappa shape index (κ3) is 6.91. The number of aliphatic hydroxyl groups is 1. The summed E-state index contributed by atoms with van der Waals surface area (Å²) in [4.78, 5) is 5.03. The normalized spacial score (nSPS) is 19.1. The molecule has 3 nitrogen and oxygen atoms in total. The van der Waals surface area contributed by atoms with Gasteiger partial charge in [0.25, 0.3) is 0 Å². The standard InChI is InChI=1S/C34H43FN2O/c1-26-6-3-4-7-30(26)24-36-20-16-27(17-21-36)15-18-34(2,38)32-12-11-29-8-5-19-37(25-31(29)22-32)23-28-9-13-33(35)14-10-28/h3-4,6-7,9-14,22,27,38H,5,8,15-21,23-25H2,1-2H3. The smallest absolute Gasteiger partial charge is 0.123 e. The summed E-state index contributed by atoms with van der Waals surface area (Å²) in [5, 5.41) is 11.5. The van der Waals surface area contributed by atoms with Crippen LogP contribution in [-0.4, -0.2) is 34.5 Å². The third-order valence-corrected chi connectivity index (χ3v) is 8.86. The van der Waals surface area contributed by atoms with E-state index in [1.807, 2.05) is 19.1 Å². The summed E-state index contributed by atoms with van der Waals surface area (Å²) in [5.41, 5.74) is 6.90. The summed E-state index contributed by atoms with van der Waals surface area (Å²) in [6.45, 7) is 10.3. The molecule has 1 unspecified atom stereocenters. The Morgan fingerprint density at radius 1 is 0.895 bits per heavy atom. The van der Waals surface area contributed by atoms with E-state index >= 15 is 0 Å². The number of nitrogens with zero attached hydrogens (tertiary/aromatic N) is 2. The van der Waals surface area contributed by atoms with Crippen molar-refractivity contribution in [1.82, 2.24) is 9.80 Å². The molecule has 0 bridgehead atoms. The van der Waals surface area contributed by atoms with Crippen LogP contribution in [0.25, 0.3) is 0 Å². The van der Waals surface area contributed by atoms with Crippen LogP contribution in [0.1, 0.15) is 72.4 Å². The average Bonchev–Trinajstić information content (AvgIpc) is 3.12. The Kier molecular flexibility index (Phi) is 8.62. The van der Waals surface area contributed by atoms with Crippen LogP contribution in [0.5, 0.6) is 0 Å². The SMILES string of the molecule is Cc1ccccc1CN1CCC(CCC(C)(O)c2ccc3c(c2)CN(Cc2ccc(F)cc2)CCC3)CC1. The molecule has 0 radical (unpaired) electrons. The van der Waals surface area contributed by atoms with Crippen LogP contribution in [0, 0.1) is 18.7 Å². The van der Waals surface area contributed by atoms with Gasteiger partial charge in [0.05, 0.1) is 5.60 Å². The highest BCUT2D eigenvalue weighted by atomic mass is 19.1. The number of rotatable bonds is 8. The van der Waals surface area contributed by atoms with Gasteiger partial charge in [0.1, 0.15) is 5.82 Å². The molecule has 2 aliphatic heterocycles. The lowest BCUT2D eigenvalue weighted by molar-refractivity contribution is 0.0358. The van der Waals surface area contributed by atoms with Crippen LogP contribution in [0.3, 0.4) is 0 Å². The van der Waals surface area contributed by atoms with Gasteiger partial charge < -0.3 is 5.11 Å². The minimum absolute atomic E-state index is 0.186. The van der Waals surface area contributed by atoms with Crippen LogP contribution in [0.15, 0.2) is 66.7 Å². The quantitative estimate of drug-likeness (QED) is 0.351. The first-order valence-electron chi connectivity index (χ1n) is 14.4. The average molecular weight is 515 g/mol. The number of benzene rings is 3. The molecule has 1 saturated heterocycles. The van der Waals surface area contributed by atoms with Gasteiger partial charge in [-0.1, -0.05) is 54.6 Å². The third-order valence-electron chi connectivity index (χ3n) is 8.86. The zero-order valence-corrected chi connectivity index (χ0v) is 23.1. The molecule has 1 atom stereocenters. The Balaban J connectivity index is 1.16. The lowest BCUT2D eigenvalue weighted by Gasteiger charge is -2.34. The van der Waals surface area contributed by atoms with Gasteiger partial charge in [-0.15, -0.1) is 0 Å². The maximum Gasteiger partial charge on any atom is 0.123 e. The second kappa shape index (κ2) is 12.1. The molecular weight excluding hydrogens is 471 g/mol. The van der Waals surface area contributed by atoms with Crippen LogP contribution in [0.2, 0.25) is 0 Å². The molecule has 0 aliphatic carbocycles. The van der Waals surface area contributed by atoms with Crippen LogP contribution in [-0.2, 0) is 31.7 Å².